The summed E-state index contributed by atoms with van der Waals surface area (Å²) in [5.41, 5.74) is -0.000910. The average Bonchev–Trinajstić information content (AvgIpc) is 2.31. The molecule has 0 heterocycles. The highest BCUT2D eigenvalue weighted by Gasteiger charge is 2.12. The van der Waals surface area contributed by atoms with Gasteiger partial charge in [0.15, 0.2) is 0 Å². The number of hydrogen-bond donors (Lipinski definition) is 2. The van der Waals surface area contributed by atoms with Gasteiger partial charge in [0.05, 0.1) is 11.4 Å². The number of rotatable bonds is 8. The lowest BCUT2D eigenvalue weighted by atomic mass is 10.3. The Labute approximate surface area is 108 Å². The molecule has 0 aromatic heterocycles. The van der Waals surface area contributed by atoms with Gasteiger partial charge in [-0.1, -0.05) is 19.1 Å². The molecule has 0 saturated heterocycles. The molecule has 1 rings (SSSR count). The highest BCUT2D eigenvalue weighted by atomic mass is 32.2. The summed E-state index contributed by atoms with van der Waals surface area (Å²) in [7, 11) is -3.47. The molecule has 0 unspecified atom stereocenters. The van der Waals surface area contributed by atoms with E-state index in [1.54, 1.807) is 6.07 Å². The zero-order chi connectivity index (χ0) is 13.4. The van der Waals surface area contributed by atoms with Crippen LogP contribution in [0.15, 0.2) is 24.3 Å². The van der Waals surface area contributed by atoms with E-state index in [-0.39, 0.29) is 11.4 Å². The molecule has 0 radical (unpaired) electrons. The Hall–Kier alpha value is -1.14. The van der Waals surface area contributed by atoms with E-state index in [4.69, 9.17) is 0 Å². The van der Waals surface area contributed by atoms with Gasteiger partial charge in [0, 0.05) is 0 Å². The van der Waals surface area contributed by atoms with Gasteiger partial charge in [-0.25, -0.2) is 12.8 Å². The summed E-state index contributed by atoms with van der Waals surface area (Å²) in [6.07, 6.45) is 1.52. The predicted octanol–water partition coefficient (Wildman–Crippen LogP) is 1.96. The van der Waals surface area contributed by atoms with Crippen LogP contribution in [0.1, 0.15) is 19.8 Å². The van der Waals surface area contributed by atoms with Crippen LogP contribution < -0.4 is 10.0 Å². The van der Waals surface area contributed by atoms with Crippen molar-refractivity contribution in [2.24, 2.45) is 0 Å². The first kappa shape index (κ1) is 14.9. The lowest BCUT2D eigenvalue weighted by molar-refractivity contribution is 0.591. The van der Waals surface area contributed by atoms with Crippen LogP contribution in [0.4, 0.5) is 10.1 Å². The first-order valence-electron chi connectivity index (χ1n) is 6.01. The molecule has 4 nitrogen and oxygen atoms in total. The normalized spacial score (nSPS) is 11.4. The fraction of sp³-hybridized carbons (Fsp3) is 0.500. The third-order valence-electron chi connectivity index (χ3n) is 2.33. The summed E-state index contributed by atoms with van der Waals surface area (Å²) < 4.78 is 38.9. The Bertz CT molecular complexity index is 463. The molecule has 0 amide bonds. The summed E-state index contributed by atoms with van der Waals surface area (Å²) in [5, 5.41) is 3.12. The molecule has 0 bridgehead atoms. The molecule has 0 aliphatic carbocycles. The van der Waals surface area contributed by atoms with Gasteiger partial charge in [-0.05, 0) is 38.1 Å². The molecular formula is C12H19FN2O2S. The number of benzene rings is 1. The van der Waals surface area contributed by atoms with Crippen LogP contribution in [0.2, 0.25) is 0 Å². The molecule has 1 aromatic carbocycles. The first-order valence-corrected chi connectivity index (χ1v) is 7.66. The molecular weight excluding hydrogens is 255 g/mol. The summed E-state index contributed by atoms with van der Waals surface area (Å²) in [5.74, 6) is -0.580. The smallest absolute Gasteiger partial charge is 0.232 e. The largest absolute Gasteiger partial charge is 0.317 e. The number of hydrogen-bond acceptors (Lipinski definition) is 3. The van der Waals surface area contributed by atoms with E-state index in [0.29, 0.717) is 13.0 Å². The minimum atomic E-state index is -3.47. The quantitative estimate of drug-likeness (QED) is 0.712. The van der Waals surface area contributed by atoms with Crippen LogP contribution in [-0.2, 0) is 10.0 Å². The van der Waals surface area contributed by atoms with Gasteiger partial charge < -0.3 is 5.32 Å². The van der Waals surface area contributed by atoms with Crippen molar-refractivity contribution in [1.82, 2.24) is 5.32 Å². The van der Waals surface area contributed by atoms with Crippen LogP contribution >= 0.6 is 0 Å². The third kappa shape index (κ3) is 5.46. The Kier molecular flexibility index (Phi) is 6.07. The SMILES string of the molecule is CCCNCCCS(=O)(=O)Nc1ccccc1F. The Balaban J connectivity index is 2.43. The Morgan fingerprint density at radius 3 is 2.61 bits per heavy atom. The van der Waals surface area contributed by atoms with Crippen LogP contribution in [0.3, 0.4) is 0 Å². The molecule has 1 aromatic rings. The number of anilines is 1. The van der Waals surface area contributed by atoms with Crippen molar-refractivity contribution in [3.8, 4) is 0 Å². The average molecular weight is 274 g/mol. The number of nitrogens with one attached hydrogen (secondary N) is 2. The van der Waals surface area contributed by atoms with Crippen LogP contribution in [0.5, 0.6) is 0 Å². The van der Waals surface area contributed by atoms with E-state index < -0.39 is 15.8 Å². The van der Waals surface area contributed by atoms with Crippen LogP contribution in [0, 0.1) is 5.82 Å². The zero-order valence-corrected chi connectivity index (χ0v) is 11.3. The van der Waals surface area contributed by atoms with Crippen molar-refractivity contribution in [2.75, 3.05) is 23.6 Å². The van der Waals surface area contributed by atoms with E-state index in [0.717, 1.165) is 13.0 Å². The van der Waals surface area contributed by atoms with Gasteiger partial charge in [-0.2, -0.15) is 0 Å². The standard InChI is InChI=1S/C12H19FN2O2S/c1-2-8-14-9-5-10-18(16,17)15-12-7-4-3-6-11(12)13/h3-4,6-7,14-15H,2,5,8-10H2,1H3. The maximum atomic E-state index is 13.3. The van der Waals surface area contributed by atoms with Crippen LogP contribution in [-0.4, -0.2) is 27.3 Å². The molecule has 6 heteroatoms. The van der Waals surface area contributed by atoms with Crippen LogP contribution in [0.25, 0.3) is 0 Å². The van der Waals surface area contributed by atoms with Crippen molar-refractivity contribution in [3.05, 3.63) is 30.1 Å². The highest BCUT2D eigenvalue weighted by molar-refractivity contribution is 7.92. The molecule has 0 atom stereocenters. The first-order chi connectivity index (χ1) is 8.55. The highest BCUT2D eigenvalue weighted by Crippen LogP contribution is 2.14. The third-order valence-corrected chi connectivity index (χ3v) is 3.69. The van der Waals surface area contributed by atoms with E-state index in [2.05, 4.69) is 10.0 Å². The molecule has 0 spiro atoms. The topological polar surface area (TPSA) is 58.2 Å². The zero-order valence-electron chi connectivity index (χ0n) is 10.4. The van der Waals surface area contributed by atoms with Gasteiger partial charge in [0.1, 0.15) is 5.82 Å². The summed E-state index contributed by atoms with van der Waals surface area (Å²) in [4.78, 5) is 0. The lowest BCUT2D eigenvalue weighted by Crippen LogP contribution is -2.22. The van der Waals surface area contributed by atoms with E-state index in [9.17, 15) is 12.8 Å². The van der Waals surface area contributed by atoms with Crippen molar-refractivity contribution < 1.29 is 12.8 Å². The maximum Gasteiger partial charge on any atom is 0.232 e. The molecule has 0 saturated carbocycles. The second kappa shape index (κ2) is 7.33. The number of sulfonamides is 1. The molecule has 18 heavy (non-hydrogen) atoms. The Morgan fingerprint density at radius 2 is 1.94 bits per heavy atom. The number of halogens is 1. The van der Waals surface area contributed by atoms with Crippen molar-refractivity contribution in [1.29, 1.82) is 0 Å². The molecule has 102 valence electrons. The Morgan fingerprint density at radius 1 is 1.22 bits per heavy atom. The van der Waals surface area contributed by atoms with Gasteiger partial charge in [0.25, 0.3) is 0 Å². The van der Waals surface area contributed by atoms with Gasteiger partial charge in [0.2, 0.25) is 10.0 Å². The van der Waals surface area contributed by atoms with Gasteiger partial charge in [-0.3, -0.25) is 4.72 Å². The lowest BCUT2D eigenvalue weighted by Gasteiger charge is -2.08. The summed E-state index contributed by atoms with van der Waals surface area (Å²) in [6.45, 7) is 3.57. The molecule has 0 aliphatic heterocycles. The second-order valence-corrected chi connectivity index (χ2v) is 5.85. The molecule has 0 fully saturated rings. The van der Waals surface area contributed by atoms with Crippen molar-refractivity contribution in [3.63, 3.8) is 0 Å². The number of para-hydroxylation sites is 1. The van der Waals surface area contributed by atoms with Gasteiger partial charge >= 0.3 is 0 Å². The van der Waals surface area contributed by atoms with E-state index >= 15 is 0 Å². The van der Waals surface area contributed by atoms with E-state index in [1.807, 2.05) is 6.92 Å². The second-order valence-electron chi connectivity index (χ2n) is 4.00. The van der Waals surface area contributed by atoms with Gasteiger partial charge in [-0.15, -0.1) is 0 Å². The van der Waals surface area contributed by atoms with Crippen molar-refractivity contribution >= 4 is 15.7 Å². The fourth-order valence-electron chi connectivity index (χ4n) is 1.45. The fourth-order valence-corrected chi connectivity index (χ4v) is 2.58. The van der Waals surface area contributed by atoms with Crippen molar-refractivity contribution in [2.45, 2.75) is 19.8 Å². The minimum Gasteiger partial charge on any atom is -0.317 e. The maximum absolute atomic E-state index is 13.3. The monoisotopic (exact) mass is 274 g/mol. The summed E-state index contributed by atoms with van der Waals surface area (Å²) in [6, 6.07) is 5.73. The molecule has 2 N–H and O–H groups in total. The minimum absolute atomic E-state index is 0.000910. The predicted molar refractivity (Wildman–Crippen MR) is 71.6 cm³/mol. The summed E-state index contributed by atoms with van der Waals surface area (Å²) >= 11 is 0. The van der Waals surface area contributed by atoms with E-state index in [1.165, 1.54) is 18.2 Å². The molecule has 0 aliphatic rings.